The Morgan fingerprint density at radius 1 is 1.24 bits per heavy atom. The van der Waals surface area contributed by atoms with Crippen molar-refractivity contribution in [3.8, 4) is 0 Å². The van der Waals surface area contributed by atoms with Crippen LogP contribution in [0.4, 0.5) is 5.69 Å². The normalized spacial score (nSPS) is 19.6. The lowest BCUT2D eigenvalue weighted by atomic mass is 10.3. The van der Waals surface area contributed by atoms with Gasteiger partial charge in [-0.15, -0.1) is 0 Å². The van der Waals surface area contributed by atoms with Crippen molar-refractivity contribution in [2.45, 2.75) is 4.90 Å². The highest BCUT2D eigenvalue weighted by atomic mass is 32.2. The summed E-state index contributed by atoms with van der Waals surface area (Å²) in [5, 5.41) is 2.56. The van der Waals surface area contributed by atoms with E-state index in [9.17, 15) is 13.2 Å². The lowest BCUT2D eigenvalue weighted by molar-refractivity contribution is -0.112. The number of nitrogens with one attached hydrogen (secondary N) is 1. The molecule has 0 spiro atoms. The predicted molar refractivity (Wildman–Crippen MR) is 64.0 cm³/mol. The molecule has 1 aliphatic rings. The first kappa shape index (κ1) is 11.7. The summed E-state index contributed by atoms with van der Waals surface area (Å²) in [6.07, 6.45) is 1.31. The number of hydrogen-bond acceptors (Lipinski definition) is 4. The van der Waals surface area contributed by atoms with E-state index < -0.39 is 15.7 Å². The number of benzene rings is 1. The Balaban J connectivity index is 2.68. The van der Waals surface area contributed by atoms with E-state index in [4.69, 9.17) is 0 Å². The van der Waals surface area contributed by atoms with Gasteiger partial charge >= 0.3 is 0 Å². The van der Waals surface area contributed by atoms with Gasteiger partial charge in [0.25, 0.3) is 5.91 Å². The van der Waals surface area contributed by atoms with Crippen molar-refractivity contribution in [3.63, 3.8) is 0 Å². The molecule has 0 bridgehead atoms. The minimum atomic E-state index is -3.72. The van der Waals surface area contributed by atoms with Crippen molar-refractivity contribution >= 4 is 21.4 Å². The van der Waals surface area contributed by atoms with Crippen LogP contribution in [-0.4, -0.2) is 33.3 Å². The fraction of sp³-hybridized carbons (Fsp3) is 0.182. The maximum absolute atomic E-state index is 12.2. The summed E-state index contributed by atoms with van der Waals surface area (Å²) in [7, 11) is -0.394. The van der Waals surface area contributed by atoms with Crippen LogP contribution in [0.3, 0.4) is 0 Å². The van der Waals surface area contributed by atoms with Crippen molar-refractivity contribution in [2.75, 3.05) is 19.4 Å². The Bertz CT molecular complexity index is 603. The minimum Gasteiger partial charge on any atom is -0.382 e. The second-order valence-corrected chi connectivity index (χ2v) is 5.80. The molecule has 1 aromatic carbocycles. The number of nitrogens with zero attached hydrogens (tertiary/aromatic N) is 1. The standard InChI is InChI=1S/C11H12N2O3S/c1-13(2)7-10-11(14)12-8-5-3-4-6-9(8)17(10,15)16/h3-7H,1-2H3,(H,12,14). The van der Waals surface area contributed by atoms with Gasteiger partial charge < -0.3 is 10.2 Å². The molecule has 0 atom stereocenters. The summed E-state index contributed by atoms with van der Waals surface area (Å²) in [6, 6.07) is 6.35. The lowest BCUT2D eigenvalue weighted by Crippen LogP contribution is -2.28. The van der Waals surface area contributed by atoms with Gasteiger partial charge in [-0.3, -0.25) is 4.79 Å². The third-order valence-electron chi connectivity index (χ3n) is 2.31. The Morgan fingerprint density at radius 2 is 1.88 bits per heavy atom. The van der Waals surface area contributed by atoms with Gasteiger partial charge in [-0.05, 0) is 12.1 Å². The lowest BCUT2D eigenvalue weighted by Gasteiger charge is -2.20. The van der Waals surface area contributed by atoms with E-state index in [0.717, 1.165) is 0 Å². The van der Waals surface area contributed by atoms with Crippen LogP contribution in [0.15, 0.2) is 40.3 Å². The van der Waals surface area contributed by atoms with Gasteiger partial charge in [-0.1, -0.05) is 12.1 Å². The summed E-state index contributed by atoms with van der Waals surface area (Å²) in [4.78, 5) is 13.1. The molecule has 1 aliphatic heterocycles. The Labute approximate surface area is 99.7 Å². The fourth-order valence-corrected chi connectivity index (χ4v) is 3.14. The van der Waals surface area contributed by atoms with Crippen LogP contribution in [0.2, 0.25) is 0 Å². The highest BCUT2D eigenvalue weighted by Gasteiger charge is 2.34. The number of anilines is 1. The van der Waals surface area contributed by atoms with Gasteiger partial charge in [-0.2, -0.15) is 0 Å². The first-order valence-electron chi connectivity index (χ1n) is 4.96. The third kappa shape index (κ3) is 1.91. The van der Waals surface area contributed by atoms with Crippen molar-refractivity contribution in [1.29, 1.82) is 0 Å². The average molecular weight is 252 g/mol. The summed E-state index contributed by atoms with van der Waals surface area (Å²) in [5.41, 5.74) is 0.327. The molecule has 0 radical (unpaired) electrons. The summed E-state index contributed by atoms with van der Waals surface area (Å²) in [6.45, 7) is 0. The summed E-state index contributed by atoms with van der Waals surface area (Å²) >= 11 is 0. The number of para-hydroxylation sites is 1. The van der Waals surface area contributed by atoms with Crippen molar-refractivity contribution in [3.05, 3.63) is 35.4 Å². The number of carbonyl (C=O) groups is 1. The number of carbonyl (C=O) groups excluding carboxylic acids is 1. The largest absolute Gasteiger partial charge is 0.382 e. The highest BCUT2D eigenvalue weighted by Crippen LogP contribution is 2.31. The first-order valence-corrected chi connectivity index (χ1v) is 6.45. The Hall–Kier alpha value is -1.82. The van der Waals surface area contributed by atoms with E-state index >= 15 is 0 Å². The third-order valence-corrected chi connectivity index (χ3v) is 4.12. The number of rotatable bonds is 1. The van der Waals surface area contributed by atoms with Crippen molar-refractivity contribution < 1.29 is 13.2 Å². The van der Waals surface area contributed by atoms with Crippen LogP contribution in [0, 0.1) is 0 Å². The van der Waals surface area contributed by atoms with Crippen LogP contribution in [0.25, 0.3) is 0 Å². The van der Waals surface area contributed by atoms with Gasteiger partial charge in [0.15, 0.2) is 4.91 Å². The maximum Gasteiger partial charge on any atom is 0.269 e. The second-order valence-electron chi connectivity index (χ2n) is 3.91. The molecule has 0 unspecified atom stereocenters. The molecular formula is C11H12N2O3S. The maximum atomic E-state index is 12.2. The number of fused-ring (bicyclic) bond motifs is 1. The van der Waals surface area contributed by atoms with Crippen LogP contribution in [-0.2, 0) is 14.6 Å². The van der Waals surface area contributed by atoms with Gasteiger partial charge in [0.1, 0.15) is 0 Å². The molecule has 0 aliphatic carbocycles. The molecule has 0 saturated heterocycles. The highest BCUT2D eigenvalue weighted by molar-refractivity contribution is 7.96. The van der Waals surface area contributed by atoms with E-state index in [1.165, 1.54) is 17.2 Å². The molecule has 1 aromatic rings. The molecular weight excluding hydrogens is 240 g/mol. The van der Waals surface area contributed by atoms with Crippen molar-refractivity contribution in [1.82, 2.24) is 4.90 Å². The zero-order valence-electron chi connectivity index (χ0n) is 9.47. The molecule has 90 valence electrons. The number of hydrogen-bond donors (Lipinski definition) is 1. The molecule has 2 rings (SSSR count). The zero-order valence-corrected chi connectivity index (χ0v) is 10.3. The van der Waals surface area contributed by atoms with Gasteiger partial charge in [0.05, 0.1) is 10.6 Å². The smallest absolute Gasteiger partial charge is 0.269 e. The molecule has 5 nitrogen and oxygen atoms in total. The second kappa shape index (κ2) is 3.89. The van der Waals surface area contributed by atoms with E-state index in [-0.39, 0.29) is 9.80 Å². The van der Waals surface area contributed by atoms with E-state index in [0.29, 0.717) is 5.69 Å². The Kier molecular flexibility index (Phi) is 2.66. The van der Waals surface area contributed by atoms with Crippen molar-refractivity contribution in [2.24, 2.45) is 0 Å². The molecule has 6 heteroatoms. The SMILES string of the molecule is CN(C)C=C1C(=O)Nc2ccccc2S1(=O)=O. The molecule has 0 saturated carbocycles. The summed E-state index contributed by atoms with van der Waals surface area (Å²) in [5.74, 6) is -0.600. The molecule has 0 fully saturated rings. The topological polar surface area (TPSA) is 66.5 Å². The molecule has 1 heterocycles. The fourth-order valence-electron chi connectivity index (χ4n) is 1.59. The predicted octanol–water partition coefficient (Wildman–Crippen LogP) is 0.815. The minimum absolute atomic E-state index is 0.132. The van der Waals surface area contributed by atoms with Gasteiger partial charge in [0, 0.05) is 20.3 Å². The van der Waals surface area contributed by atoms with Crippen LogP contribution >= 0.6 is 0 Å². The van der Waals surface area contributed by atoms with Gasteiger partial charge in [-0.25, -0.2) is 8.42 Å². The van der Waals surface area contributed by atoms with Gasteiger partial charge in [0.2, 0.25) is 9.84 Å². The first-order chi connectivity index (χ1) is 7.93. The van der Waals surface area contributed by atoms with Crippen LogP contribution in [0.1, 0.15) is 0 Å². The molecule has 17 heavy (non-hydrogen) atoms. The number of amides is 1. The van der Waals surface area contributed by atoms with Crippen LogP contribution in [0.5, 0.6) is 0 Å². The quantitative estimate of drug-likeness (QED) is 0.751. The number of sulfone groups is 1. The van der Waals surface area contributed by atoms with E-state index in [1.807, 2.05) is 0 Å². The zero-order chi connectivity index (χ0) is 12.6. The van der Waals surface area contributed by atoms with E-state index in [1.54, 1.807) is 32.3 Å². The molecule has 1 amide bonds. The van der Waals surface area contributed by atoms with Crippen LogP contribution < -0.4 is 5.32 Å². The Morgan fingerprint density at radius 3 is 2.53 bits per heavy atom. The van der Waals surface area contributed by atoms with E-state index in [2.05, 4.69) is 5.32 Å². The summed E-state index contributed by atoms with van der Waals surface area (Å²) < 4.78 is 24.4. The molecule has 0 aromatic heterocycles. The monoisotopic (exact) mass is 252 g/mol. The average Bonchev–Trinajstić information content (AvgIpc) is 2.24. The molecule has 1 N–H and O–H groups in total.